The summed E-state index contributed by atoms with van der Waals surface area (Å²) in [6.07, 6.45) is 0. The molecule has 0 unspecified atom stereocenters. The third kappa shape index (κ3) is 5.99. The Kier molecular flexibility index (Phi) is 8.62. The van der Waals surface area contributed by atoms with E-state index >= 15 is 0 Å². The molecule has 0 spiro atoms. The number of methoxy groups -OCH3 is 2. The first-order valence-corrected chi connectivity index (χ1v) is 12.5. The quantitative estimate of drug-likeness (QED) is 0.290. The lowest BCUT2D eigenvalue weighted by molar-refractivity contribution is -0.387. The summed E-state index contributed by atoms with van der Waals surface area (Å²) in [4.78, 5) is 23.1. The number of nitro groups is 1. The Morgan fingerprint density at radius 1 is 1.06 bits per heavy atom. The molecular weight excluding hydrogens is 533 g/mol. The number of hydrogen-bond acceptors (Lipinski definition) is 7. The van der Waals surface area contributed by atoms with E-state index in [4.69, 9.17) is 32.7 Å². The van der Waals surface area contributed by atoms with Crippen molar-refractivity contribution in [3.63, 3.8) is 0 Å². The molecule has 0 saturated carbocycles. The Hall–Kier alpha value is -3.54. The van der Waals surface area contributed by atoms with Crippen LogP contribution in [0.25, 0.3) is 0 Å². The van der Waals surface area contributed by atoms with Gasteiger partial charge in [0.15, 0.2) is 4.90 Å². The van der Waals surface area contributed by atoms with Crippen LogP contribution in [-0.4, -0.2) is 40.0 Å². The lowest BCUT2D eigenvalue weighted by Gasteiger charge is -2.25. The number of carbonyl (C=O) groups is 1. The summed E-state index contributed by atoms with van der Waals surface area (Å²) in [5.74, 6) is -0.244. The van der Waals surface area contributed by atoms with Gasteiger partial charge in [0.05, 0.1) is 24.8 Å². The Morgan fingerprint density at radius 2 is 1.78 bits per heavy atom. The lowest BCUT2D eigenvalue weighted by atomic mass is 10.2. The highest BCUT2D eigenvalue weighted by molar-refractivity contribution is 7.93. The van der Waals surface area contributed by atoms with Crippen LogP contribution in [0.3, 0.4) is 0 Å². The largest absolute Gasteiger partial charge is 0.497 e. The zero-order valence-corrected chi connectivity index (χ0v) is 21.4. The van der Waals surface area contributed by atoms with Gasteiger partial charge in [-0.3, -0.25) is 19.2 Å². The minimum Gasteiger partial charge on any atom is -0.497 e. The Bertz CT molecular complexity index is 1400. The minimum atomic E-state index is -4.61. The van der Waals surface area contributed by atoms with E-state index in [1.54, 1.807) is 12.1 Å². The molecule has 1 N–H and O–H groups in total. The third-order valence-electron chi connectivity index (χ3n) is 5.06. The van der Waals surface area contributed by atoms with Crippen LogP contribution in [0.4, 0.5) is 11.4 Å². The second-order valence-electron chi connectivity index (χ2n) is 7.29. The maximum absolute atomic E-state index is 13.7. The Morgan fingerprint density at radius 3 is 2.42 bits per heavy atom. The van der Waals surface area contributed by atoms with Crippen LogP contribution in [0, 0.1) is 10.1 Å². The Balaban J connectivity index is 2.02. The van der Waals surface area contributed by atoms with Gasteiger partial charge in [0.2, 0.25) is 5.91 Å². The number of sulfonamides is 1. The van der Waals surface area contributed by atoms with Gasteiger partial charge in [0.25, 0.3) is 15.7 Å². The van der Waals surface area contributed by atoms with Crippen molar-refractivity contribution < 1.29 is 27.6 Å². The first kappa shape index (κ1) is 27.1. The van der Waals surface area contributed by atoms with Gasteiger partial charge in [0, 0.05) is 28.7 Å². The van der Waals surface area contributed by atoms with Crippen molar-refractivity contribution in [3.05, 3.63) is 86.4 Å². The first-order chi connectivity index (χ1) is 17.1. The zero-order chi connectivity index (χ0) is 26.5. The molecule has 13 heteroatoms. The molecule has 10 nitrogen and oxygen atoms in total. The fraction of sp³-hybridized carbons (Fsp3) is 0.174. The number of ether oxygens (including phenoxy) is 2. The van der Waals surface area contributed by atoms with Gasteiger partial charge >= 0.3 is 0 Å². The van der Waals surface area contributed by atoms with Crippen molar-refractivity contribution in [1.82, 2.24) is 5.32 Å². The van der Waals surface area contributed by atoms with E-state index in [1.165, 1.54) is 50.6 Å². The summed E-state index contributed by atoms with van der Waals surface area (Å²) in [6, 6.07) is 13.9. The molecule has 36 heavy (non-hydrogen) atoms. The van der Waals surface area contributed by atoms with E-state index in [0.29, 0.717) is 21.4 Å². The number of nitro benzene ring substituents is 1. The van der Waals surface area contributed by atoms with Crippen LogP contribution in [0.5, 0.6) is 11.5 Å². The van der Waals surface area contributed by atoms with E-state index in [0.717, 1.165) is 16.4 Å². The number of nitrogens with one attached hydrogen (secondary N) is 1. The number of rotatable bonds is 10. The fourth-order valence-corrected chi connectivity index (χ4v) is 5.35. The second kappa shape index (κ2) is 11.5. The summed E-state index contributed by atoms with van der Waals surface area (Å²) < 4.78 is 38.6. The fourth-order valence-electron chi connectivity index (χ4n) is 3.28. The van der Waals surface area contributed by atoms with Gasteiger partial charge in [-0.15, -0.1) is 0 Å². The molecule has 0 aliphatic rings. The predicted octanol–water partition coefficient (Wildman–Crippen LogP) is 4.43. The van der Waals surface area contributed by atoms with Crippen LogP contribution < -0.4 is 19.1 Å². The normalized spacial score (nSPS) is 11.0. The third-order valence-corrected chi connectivity index (χ3v) is 7.46. The Labute approximate surface area is 217 Å². The standard InChI is InChI=1S/C23H21Cl2N3O7S/c1-34-17-9-10-19(21(12-17)35-2)27(36(32,33)22-6-4-3-5-20(22)28(30)31)14-23(29)26-13-15-7-8-16(24)11-18(15)25/h3-12H,13-14H2,1-2H3,(H,26,29). The average Bonchev–Trinajstić information content (AvgIpc) is 2.86. The van der Waals surface area contributed by atoms with E-state index in [-0.39, 0.29) is 18.0 Å². The number of carbonyl (C=O) groups excluding carboxylic acids is 1. The average molecular weight is 554 g/mol. The molecule has 3 aromatic carbocycles. The van der Waals surface area contributed by atoms with Crippen molar-refractivity contribution in [2.75, 3.05) is 25.1 Å². The number of amides is 1. The number of hydrogen-bond donors (Lipinski definition) is 1. The van der Waals surface area contributed by atoms with Gasteiger partial charge in [-0.2, -0.15) is 0 Å². The first-order valence-electron chi connectivity index (χ1n) is 10.3. The highest BCUT2D eigenvalue weighted by Crippen LogP contribution is 2.37. The number of benzene rings is 3. The molecule has 0 radical (unpaired) electrons. The lowest BCUT2D eigenvalue weighted by Crippen LogP contribution is -2.41. The van der Waals surface area contributed by atoms with Crippen LogP contribution >= 0.6 is 23.2 Å². The summed E-state index contributed by atoms with van der Waals surface area (Å²) >= 11 is 12.0. The molecule has 0 aliphatic heterocycles. The molecule has 3 aromatic rings. The summed E-state index contributed by atoms with van der Waals surface area (Å²) in [7, 11) is -1.87. The van der Waals surface area contributed by atoms with Crippen molar-refractivity contribution in [1.29, 1.82) is 0 Å². The number of halogens is 2. The topological polar surface area (TPSA) is 128 Å². The molecule has 0 saturated heterocycles. The SMILES string of the molecule is COc1ccc(N(CC(=O)NCc2ccc(Cl)cc2Cl)S(=O)(=O)c2ccccc2[N+](=O)[O-])c(OC)c1. The zero-order valence-electron chi connectivity index (χ0n) is 19.1. The van der Waals surface area contributed by atoms with Crippen molar-refractivity contribution >= 4 is 50.5 Å². The van der Waals surface area contributed by atoms with Gasteiger partial charge in [0.1, 0.15) is 18.0 Å². The summed E-state index contributed by atoms with van der Waals surface area (Å²) in [5.41, 5.74) is -0.0935. The van der Waals surface area contributed by atoms with Crippen molar-refractivity contribution in [2.45, 2.75) is 11.4 Å². The predicted molar refractivity (Wildman–Crippen MR) is 135 cm³/mol. The van der Waals surface area contributed by atoms with Gasteiger partial charge in [-0.25, -0.2) is 8.42 Å². The smallest absolute Gasteiger partial charge is 0.289 e. The molecule has 0 aliphatic carbocycles. The molecule has 0 atom stereocenters. The van der Waals surface area contributed by atoms with Crippen LogP contribution in [0.15, 0.2) is 65.6 Å². The number of para-hydroxylation sites is 1. The molecule has 3 rings (SSSR count). The number of anilines is 1. The second-order valence-corrected chi connectivity index (χ2v) is 9.96. The summed E-state index contributed by atoms with van der Waals surface area (Å²) in [6.45, 7) is -0.712. The van der Waals surface area contributed by atoms with Crippen LogP contribution in [-0.2, 0) is 21.4 Å². The molecular formula is C23H21Cl2N3O7S. The van der Waals surface area contributed by atoms with E-state index < -0.39 is 38.0 Å². The van der Waals surface area contributed by atoms with E-state index in [1.807, 2.05) is 0 Å². The maximum Gasteiger partial charge on any atom is 0.289 e. The molecule has 0 aromatic heterocycles. The van der Waals surface area contributed by atoms with Gasteiger partial charge in [-0.05, 0) is 35.9 Å². The minimum absolute atomic E-state index is 0.00600. The molecule has 190 valence electrons. The van der Waals surface area contributed by atoms with Gasteiger partial charge < -0.3 is 14.8 Å². The molecule has 0 fully saturated rings. The molecule has 1 amide bonds. The maximum atomic E-state index is 13.7. The summed E-state index contributed by atoms with van der Waals surface area (Å²) in [5, 5.41) is 14.9. The van der Waals surface area contributed by atoms with E-state index in [9.17, 15) is 23.3 Å². The highest BCUT2D eigenvalue weighted by Gasteiger charge is 2.34. The van der Waals surface area contributed by atoms with Crippen LogP contribution in [0.2, 0.25) is 10.0 Å². The van der Waals surface area contributed by atoms with Gasteiger partial charge in [-0.1, -0.05) is 41.4 Å². The van der Waals surface area contributed by atoms with Crippen molar-refractivity contribution in [3.8, 4) is 11.5 Å². The molecule has 0 bridgehead atoms. The molecule has 0 heterocycles. The van der Waals surface area contributed by atoms with Crippen molar-refractivity contribution in [2.24, 2.45) is 0 Å². The van der Waals surface area contributed by atoms with E-state index in [2.05, 4.69) is 5.32 Å². The monoisotopic (exact) mass is 553 g/mol. The highest BCUT2D eigenvalue weighted by atomic mass is 35.5. The number of nitrogens with zero attached hydrogens (tertiary/aromatic N) is 2. The van der Waals surface area contributed by atoms with Crippen LogP contribution in [0.1, 0.15) is 5.56 Å².